The molecule has 53 heavy (non-hydrogen) atoms. The molecule has 2 saturated heterocycles. The van der Waals surface area contributed by atoms with Gasteiger partial charge in [0.2, 0.25) is 0 Å². The van der Waals surface area contributed by atoms with Crippen molar-refractivity contribution in [2.45, 2.75) is 93.7 Å². The van der Waals surface area contributed by atoms with E-state index in [4.69, 9.17) is 32.5 Å². The highest BCUT2D eigenvalue weighted by atomic mass is 79.9. The molecular weight excluding hydrogens is 804 g/mol. The van der Waals surface area contributed by atoms with Gasteiger partial charge in [0.05, 0.1) is 24.0 Å². The molecule has 0 spiro atoms. The average molecular weight is 844 g/mol. The van der Waals surface area contributed by atoms with Crippen molar-refractivity contribution in [3.8, 4) is 11.3 Å². The Balaban J connectivity index is 1.40. The molecule has 0 amide bonds. The first-order valence-corrected chi connectivity index (χ1v) is 19.7. The van der Waals surface area contributed by atoms with E-state index >= 15 is 0 Å². The highest BCUT2D eigenvalue weighted by molar-refractivity contribution is 9.10. The van der Waals surface area contributed by atoms with Crippen LogP contribution in [0.4, 0.5) is 13.2 Å². The van der Waals surface area contributed by atoms with Gasteiger partial charge in [-0.25, -0.2) is 22.4 Å². The number of halogens is 4. The zero-order valence-corrected chi connectivity index (χ0v) is 32.9. The Kier molecular flexibility index (Phi) is 12.2. The summed E-state index contributed by atoms with van der Waals surface area (Å²) in [6.07, 6.45) is 1.46. The Morgan fingerprint density at radius 2 is 1.66 bits per heavy atom. The fourth-order valence-electron chi connectivity index (χ4n) is 5.68. The lowest BCUT2D eigenvalue weighted by molar-refractivity contribution is -0.313. The molecule has 4 aromatic rings. The number of benzene rings is 2. The van der Waals surface area contributed by atoms with Crippen LogP contribution in [-0.4, -0.2) is 68.3 Å². The van der Waals surface area contributed by atoms with E-state index in [0.717, 1.165) is 22.2 Å². The van der Waals surface area contributed by atoms with Crippen molar-refractivity contribution in [2.24, 2.45) is 0 Å². The number of nitrogens with zero attached hydrogens (tertiary/aromatic N) is 4. The van der Waals surface area contributed by atoms with Crippen molar-refractivity contribution in [1.29, 1.82) is 0 Å². The summed E-state index contributed by atoms with van der Waals surface area (Å²) in [7, 11) is -4.22. The van der Waals surface area contributed by atoms with Crippen molar-refractivity contribution >= 4 is 35.5 Å². The minimum atomic E-state index is -4.22. The number of phosphoric ester groups is 1. The number of ether oxygens (including phenoxy) is 4. The molecule has 2 aromatic carbocycles. The van der Waals surface area contributed by atoms with E-state index in [1.165, 1.54) is 22.6 Å². The lowest BCUT2D eigenvalue weighted by atomic mass is 9.95. The molecule has 0 aliphatic carbocycles. The quantitative estimate of drug-likeness (QED) is 0.0814. The molecule has 12 nitrogen and oxygen atoms in total. The summed E-state index contributed by atoms with van der Waals surface area (Å²) < 4.78 is 102. The molecule has 0 radical (unpaired) electrons. The minimum absolute atomic E-state index is 0.0437. The van der Waals surface area contributed by atoms with Crippen molar-refractivity contribution in [3.63, 3.8) is 0 Å². The maximum absolute atomic E-state index is 14.3. The lowest BCUT2D eigenvalue weighted by Gasteiger charge is -2.49. The van der Waals surface area contributed by atoms with E-state index in [2.05, 4.69) is 31.2 Å². The van der Waals surface area contributed by atoms with E-state index in [1.807, 2.05) is 36.4 Å². The second-order valence-corrected chi connectivity index (χ2v) is 17.8. The molecule has 2 aliphatic heterocycles. The second kappa shape index (κ2) is 16.2. The third-order valence-electron chi connectivity index (χ3n) is 7.65. The van der Waals surface area contributed by atoms with Gasteiger partial charge in [0, 0.05) is 32.9 Å². The topological polar surface area (TPSA) is 125 Å². The van der Waals surface area contributed by atoms with E-state index in [0.29, 0.717) is 4.90 Å². The summed E-state index contributed by atoms with van der Waals surface area (Å²) in [5.41, 5.74) is -1.88. The third kappa shape index (κ3) is 10.1. The lowest BCUT2D eigenvalue weighted by Crippen LogP contribution is -2.59. The van der Waals surface area contributed by atoms with Crippen molar-refractivity contribution in [2.75, 3.05) is 13.4 Å². The van der Waals surface area contributed by atoms with Gasteiger partial charge in [0.25, 0.3) is 0 Å². The molecule has 0 bridgehead atoms. The number of hydrogen-bond acceptors (Lipinski definition) is 12. The fraction of sp³-hybridized carbons (Fsp3) is 0.457. The van der Waals surface area contributed by atoms with Crippen LogP contribution in [0.1, 0.15) is 59.4 Å². The summed E-state index contributed by atoms with van der Waals surface area (Å²) >= 11 is 4.74. The molecule has 2 aliphatic rings. The first-order valence-electron chi connectivity index (χ1n) is 16.6. The Hall–Kier alpha value is -2.70. The second-order valence-electron chi connectivity index (χ2n) is 14.2. The zero-order valence-electron chi connectivity index (χ0n) is 29.7. The van der Waals surface area contributed by atoms with Crippen molar-refractivity contribution in [3.05, 3.63) is 94.6 Å². The van der Waals surface area contributed by atoms with Crippen LogP contribution in [0, 0.1) is 17.5 Å². The standard InChI is InChI=1S/C35H39BrF3N4O8PS/c1-34(2,3)50-52(44,51-35(4,5)6)47-19-46-31-29(43-17-26(41-42-43)21-12-24(37)28(39)25(38)13-21)30-27(18-45-32(49-30)20-10-8-7-9-11-20)48-33(31)53-23-14-22(36)15-40-16-23/h7-17,27,29-33H,18-19H2,1-6H3/t27?,29?,30-,31?,32?,33+/m0/s1. The molecule has 286 valence electrons. The summed E-state index contributed by atoms with van der Waals surface area (Å²) in [4.78, 5) is 4.99. The van der Waals surface area contributed by atoms with Gasteiger partial charge in [-0.1, -0.05) is 47.3 Å². The van der Waals surface area contributed by atoms with Crippen LogP contribution in [0.3, 0.4) is 0 Å². The van der Waals surface area contributed by atoms with Crippen LogP contribution < -0.4 is 0 Å². The molecule has 4 unspecified atom stereocenters. The normalized spacial score (nSPS) is 23.9. The summed E-state index contributed by atoms with van der Waals surface area (Å²) in [5, 5.41) is 8.52. The Labute approximate surface area is 317 Å². The summed E-state index contributed by atoms with van der Waals surface area (Å²) in [5.74, 6) is -4.36. The van der Waals surface area contributed by atoms with Crippen LogP contribution in [0.25, 0.3) is 11.3 Å². The minimum Gasteiger partial charge on any atom is -0.356 e. The molecule has 4 heterocycles. The predicted molar refractivity (Wildman–Crippen MR) is 191 cm³/mol. The Bertz CT molecular complexity index is 1890. The molecule has 6 rings (SSSR count). The third-order valence-corrected chi connectivity index (χ3v) is 11.2. The molecule has 2 aromatic heterocycles. The number of pyridine rings is 1. The van der Waals surface area contributed by atoms with Gasteiger partial charge in [-0.05, 0) is 75.7 Å². The van der Waals surface area contributed by atoms with Gasteiger partial charge in [-0.2, -0.15) is 0 Å². The van der Waals surface area contributed by atoms with E-state index in [-0.39, 0.29) is 17.9 Å². The van der Waals surface area contributed by atoms with E-state index < -0.39 is 79.3 Å². The van der Waals surface area contributed by atoms with Gasteiger partial charge in [0.15, 0.2) is 30.5 Å². The molecule has 0 saturated carbocycles. The van der Waals surface area contributed by atoms with Crippen molar-refractivity contribution in [1.82, 2.24) is 20.0 Å². The number of rotatable bonds is 11. The van der Waals surface area contributed by atoms with Crippen LogP contribution in [0.5, 0.6) is 0 Å². The monoisotopic (exact) mass is 842 g/mol. The SMILES string of the molecule is CC(C)(C)OP(=O)(OCOC1C(n2cc(-c3cc(F)c(F)c(F)c3)nn2)[C@H]2OC(c3ccccc3)OCC2O[C@@H]1Sc1cncc(Br)c1)OC(C)(C)C. The highest BCUT2D eigenvalue weighted by Gasteiger charge is 2.53. The van der Waals surface area contributed by atoms with Crippen LogP contribution in [-0.2, 0) is 37.1 Å². The fourth-order valence-corrected chi connectivity index (χ4v) is 9.03. The van der Waals surface area contributed by atoms with E-state index in [1.54, 1.807) is 53.9 Å². The first-order chi connectivity index (χ1) is 25.0. The van der Waals surface area contributed by atoms with Gasteiger partial charge < -0.3 is 18.9 Å². The Morgan fingerprint density at radius 1 is 0.981 bits per heavy atom. The predicted octanol–water partition coefficient (Wildman–Crippen LogP) is 8.79. The molecule has 0 N–H and O–H groups in total. The van der Waals surface area contributed by atoms with E-state index in [9.17, 15) is 17.7 Å². The summed E-state index contributed by atoms with van der Waals surface area (Å²) in [6.45, 7) is 9.81. The average Bonchev–Trinajstić information content (AvgIpc) is 3.55. The number of hydrogen-bond donors (Lipinski definition) is 0. The van der Waals surface area contributed by atoms with Crippen LogP contribution in [0.2, 0.25) is 0 Å². The molecular formula is C35H39BrF3N4O8PS. The molecule has 2 fully saturated rings. The largest absolute Gasteiger partial charge is 0.477 e. The van der Waals surface area contributed by atoms with Crippen LogP contribution in [0.15, 0.2) is 76.5 Å². The van der Waals surface area contributed by atoms with Gasteiger partial charge >= 0.3 is 7.82 Å². The smallest absolute Gasteiger partial charge is 0.356 e. The van der Waals surface area contributed by atoms with Crippen molar-refractivity contribution < 1.29 is 50.3 Å². The molecule has 6 atom stereocenters. The maximum atomic E-state index is 14.3. The number of phosphoric acid groups is 1. The molecule has 18 heteroatoms. The number of fused-ring (bicyclic) bond motifs is 1. The van der Waals surface area contributed by atoms with Gasteiger partial charge in [-0.15, -0.1) is 5.10 Å². The summed E-state index contributed by atoms with van der Waals surface area (Å²) in [6, 6.07) is 11.9. The maximum Gasteiger partial charge on any atom is 0.477 e. The van der Waals surface area contributed by atoms with Crippen LogP contribution >= 0.6 is 35.5 Å². The zero-order chi connectivity index (χ0) is 38.1. The number of aromatic nitrogens is 4. The number of thioether (sulfide) groups is 1. The first kappa shape index (κ1) is 40.0. The highest BCUT2D eigenvalue weighted by Crippen LogP contribution is 2.56. The van der Waals surface area contributed by atoms with Gasteiger partial charge in [-0.3, -0.25) is 18.6 Å². The van der Waals surface area contributed by atoms with Gasteiger partial charge in [0.1, 0.15) is 35.5 Å². The Morgan fingerprint density at radius 3 is 2.30 bits per heavy atom.